The molecule has 1 heterocycles. The van der Waals surface area contributed by atoms with Gasteiger partial charge in [-0.25, -0.2) is 4.99 Å². The van der Waals surface area contributed by atoms with Crippen molar-refractivity contribution in [2.45, 2.75) is 63.3 Å². The number of rotatable bonds is 8. The molecule has 0 aromatic heterocycles. The van der Waals surface area contributed by atoms with Crippen molar-refractivity contribution < 1.29 is 19.4 Å². The summed E-state index contributed by atoms with van der Waals surface area (Å²) in [5.41, 5.74) is 8.96. The van der Waals surface area contributed by atoms with E-state index in [4.69, 9.17) is 15.5 Å². The quantitative estimate of drug-likeness (QED) is 0.539. The van der Waals surface area contributed by atoms with Gasteiger partial charge in [0.05, 0.1) is 36.8 Å². The predicted molar refractivity (Wildman–Crippen MR) is 134 cm³/mol. The summed E-state index contributed by atoms with van der Waals surface area (Å²) < 4.78 is 5.44. The van der Waals surface area contributed by atoms with E-state index in [0.717, 1.165) is 29.5 Å². The van der Waals surface area contributed by atoms with Gasteiger partial charge in [0, 0.05) is 19.1 Å². The SMILES string of the molecule is CCC1(CC)CC(=O)N(C(COC)c2cccc(C(=O)N[C@@H]3c4ccccc4C[C@H]3O)c2)C(N)=N1. The smallest absolute Gasteiger partial charge is 0.251 e. The van der Waals surface area contributed by atoms with E-state index in [9.17, 15) is 14.7 Å². The van der Waals surface area contributed by atoms with Gasteiger partial charge in [-0.15, -0.1) is 0 Å². The first-order valence-corrected chi connectivity index (χ1v) is 12.2. The van der Waals surface area contributed by atoms with E-state index < -0.39 is 23.7 Å². The number of carbonyl (C=O) groups is 2. The molecule has 0 radical (unpaired) electrons. The molecule has 3 atom stereocenters. The van der Waals surface area contributed by atoms with Gasteiger partial charge in [0.1, 0.15) is 0 Å². The molecule has 35 heavy (non-hydrogen) atoms. The van der Waals surface area contributed by atoms with Gasteiger partial charge in [-0.2, -0.15) is 0 Å². The van der Waals surface area contributed by atoms with E-state index in [0.29, 0.717) is 12.0 Å². The lowest BCUT2D eigenvalue weighted by molar-refractivity contribution is -0.132. The van der Waals surface area contributed by atoms with Crippen LogP contribution >= 0.6 is 0 Å². The normalized spacial score (nSPS) is 21.9. The van der Waals surface area contributed by atoms with E-state index in [-0.39, 0.29) is 30.8 Å². The second kappa shape index (κ2) is 10.2. The van der Waals surface area contributed by atoms with Crippen LogP contribution in [-0.4, -0.2) is 53.1 Å². The molecule has 4 N–H and O–H groups in total. The van der Waals surface area contributed by atoms with Gasteiger partial charge in [0.2, 0.25) is 5.91 Å². The number of nitrogens with zero attached hydrogens (tertiary/aromatic N) is 2. The fraction of sp³-hybridized carbons (Fsp3) is 0.444. The summed E-state index contributed by atoms with van der Waals surface area (Å²) >= 11 is 0. The molecule has 2 amide bonds. The molecule has 0 saturated heterocycles. The lowest BCUT2D eigenvalue weighted by Gasteiger charge is -2.40. The van der Waals surface area contributed by atoms with Gasteiger partial charge < -0.3 is 20.9 Å². The zero-order valence-electron chi connectivity index (χ0n) is 20.5. The third kappa shape index (κ3) is 4.81. The molecule has 186 valence electrons. The Kier molecular flexibility index (Phi) is 7.23. The highest BCUT2D eigenvalue weighted by Gasteiger charge is 2.40. The van der Waals surface area contributed by atoms with Gasteiger partial charge in [-0.05, 0) is 41.7 Å². The van der Waals surface area contributed by atoms with Crippen molar-refractivity contribution in [3.63, 3.8) is 0 Å². The van der Waals surface area contributed by atoms with Crippen molar-refractivity contribution in [1.29, 1.82) is 0 Å². The molecular weight excluding hydrogens is 444 g/mol. The third-order valence-corrected chi connectivity index (χ3v) is 7.32. The summed E-state index contributed by atoms with van der Waals surface area (Å²) in [6.45, 7) is 4.22. The number of aliphatic imine (C=N–C) groups is 1. The molecular formula is C27H34N4O4. The maximum atomic E-state index is 13.2. The zero-order chi connectivity index (χ0) is 25.2. The number of amides is 2. The lowest BCUT2D eigenvalue weighted by atomic mass is 9.87. The second-order valence-corrected chi connectivity index (χ2v) is 9.36. The molecule has 0 spiro atoms. The Labute approximate surface area is 206 Å². The van der Waals surface area contributed by atoms with Crippen LogP contribution in [-0.2, 0) is 16.0 Å². The number of guanidine groups is 1. The summed E-state index contributed by atoms with van der Waals surface area (Å²) in [7, 11) is 1.56. The van der Waals surface area contributed by atoms with Crippen LogP contribution in [0.4, 0.5) is 0 Å². The van der Waals surface area contributed by atoms with Gasteiger partial charge in [0.15, 0.2) is 5.96 Å². The van der Waals surface area contributed by atoms with Crippen LogP contribution in [0.2, 0.25) is 0 Å². The van der Waals surface area contributed by atoms with E-state index >= 15 is 0 Å². The van der Waals surface area contributed by atoms with Crippen molar-refractivity contribution in [2.24, 2.45) is 10.7 Å². The van der Waals surface area contributed by atoms with E-state index in [1.165, 1.54) is 4.90 Å². The Morgan fingerprint density at radius 2 is 2.00 bits per heavy atom. The number of aliphatic hydroxyl groups is 1. The number of ether oxygens (including phenoxy) is 1. The number of fused-ring (bicyclic) bond motifs is 1. The molecule has 0 bridgehead atoms. The molecule has 1 aliphatic heterocycles. The monoisotopic (exact) mass is 478 g/mol. The Bertz CT molecular complexity index is 1130. The van der Waals surface area contributed by atoms with Crippen LogP contribution in [0.1, 0.15) is 72.2 Å². The standard InChI is InChI=1S/C27H34N4O4/c1-4-27(5-2)15-23(33)31(26(28)30-27)21(16-35-3)18-10-8-11-19(13-18)25(34)29-24-20-12-7-6-9-17(20)14-22(24)32/h6-13,21-22,24,32H,4-5,14-16H2,1-3H3,(H2,28,30)(H,29,34)/t21?,22-,24-/m1/s1. The van der Waals surface area contributed by atoms with Gasteiger partial charge in [-0.3, -0.25) is 14.5 Å². The average Bonchev–Trinajstić information content (AvgIpc) is 3.17. The summed E-state index contributed by atoms with van der Waals surface area (Å²) in [6.07, 6.45) is 1.55. The van der Waals surface area contributed by atoms with Crippen molar-refractivity contribution in [3.8, 4) is 0 Å². The second-order valence-electron chi connectivity index (χ2n) is 9.36. The Hall–Kier alpha value is -3.23. The van der Waals surface area contributed by atoms with E-state index in [2.05, 4.69) is 5.32 Å². The lowest BCUT2D eigenvalue weighted by Crippen LogP contribution is -2.53. The molecule has 1 unspecified atom stereocenters. The molecule has 8 nitrogen and oxygen atoms in total. The molecule has 0 fully saturated rings. The van der Waals surface area contributed by atoms with Crippen LogP contribution in [0.3, 0.4) is 0 Å². The minimum Gasteiger partial charge on any atom is -0.390 e. The van der Waals surface area contributed by atoms with Gasteiger partial charge in [0.25, 0.3) is 5.91 Å². The number of carbonyl (C=O) groups excluding carboxylic acids is 2. The van der Waals surface area contributed by atoms with Gasteiger partial charge in [-0.1, -0.05) is 50.2 Å². The first kappa shape index (κ1) is 24.9. The number of benzene rings is 2. The fourth-order valence-electron chi connectivity index (χ4n) is 5.16. The third-order valence-electron chi connectivity index (χ3n) is 7.32. The average molecular weight is 479 g/mol. The van der Waals surface area contributed by atoms with Crippen LogP contribution in [0.5, 0.6) is 0 Å². The number of aliphatic hydroxyl groups excluding tert-OH is 1. The summed E-state index contributed by atoms with van der Waals surface area (Å²) in [5.74, 6) is -0.234. The molecule has 0 saturated carbocycles. The maximum absolute atomic E-state index is 13.2. The molecule has 2 aromatic rings. The largest absolute Gasteiger partial charge is 0.390 e. The van der Waals surface area contributed by atoms with Crippen LogP contribution < -0.4 is 11.1 Å². The Balaban J connectivity index is 1.60. The van der Waals surface area contributed by atoms with E-state index in [1.807, 2.05) is 44.2 Å². The van der Waals surface area contributed by atoms with Gasteiger partial charge >= 0.3 is 0 Å². The Morgan fingerprint density at radius 3 is 2.69 bits per heavy atom. The van der Waals surface area contributed by atoms with Crippen molar-refractivity contribution in [2.75, 3.05) is 13.7 Å². The Morgan fingerprint density at radius 1 is 1.26 bits per heavy atom. The minimum atomic E-state index is -0.680. The summed E-state index contributed by atoms with van der Waals surface area (Å²) in [6, 6.07) is 13.8. The van der Waals surface area contributed by atoms with Crippen LogP contribution in [0, 0.1) is 0 Å². The highest BCUT2D eigenvalue weighted by molar-refractivity contribution is 6.00. The fourth-order valence-corrected chi connectivity index (χ4v) is 5.16. The first-order chi connectivity index (χ1) is 16.8. The molecule has 2 aliphatic rings. The minimum absolute atomic E-state index is 0.108. The molecule has 4 rings (SSSR count). The number of nitrogens with two attached hydrogens (primary N) is 1. The van der Waals surface area contributed by atoms with E-state index in [1.54, 1.807) is 25.3 Å². The van der Waals surface area contributed by atoms with Crippen LogP contribution in [0.25, 0.3) is 0 Å². The van der Waals surface area contributed by atoms with Crippen molar-refractivity contribution >= 4 is 17.8 Å². The molecule has 2 aromatic carbocycles. The predicted octanol–water partition coefficient (Wildman–Crippen LogP) is 2.87. The summed E-state index contributed by atoms with van der Waals surface area (Å²) in [5, 5.41) is 13.5. The number of hydrogen-bond acceptors (Lipinski definition) is 6. The number of methoxy groups -OCH3 is 1. The first-order valence-electron chi connectivity index (χ1n) is 12.2. The molecule has 1 aliphatic carbocycles. The van der Waals surface area contributed by atoms with Crippen LogP contribution in [0.15, 0.2) is 53.5 Å². The number of nitrogens with one attached hydrogen (secondary N) is 1. The summed E-state index contributed by atoms with van der Waals surface area (Å²) in [4.78, 5) is 32.6. The van der Waals surface area contributed by atoms with Crippen molar-refractivity contribution in [1.82, 2.24) is 10.2 Å². The highest BCUT2D eigenvalue weighted by Crippen LogP contribution is 2.34. The maximum Gasteiger partial charge on any atom is 0.251 e. The van der Waals surface area contributed by atoms with Crippen molar-refractivity contribution in [3.05, 3.63) is 70.8 Å². The number of hydrogen-bond donors (Lipinski definition) is 3. The highest BCUT2D eigenvalue weighted by atomic mass is 16.5. The molecule has 8 heteroatoms. The zero-order valence-corrected chi connectivity index (χ0v) is 20.5. The topological polar surface area (TPSA) is 117 Å².